The number of nitrogens with one attached hydrogen (secondary N) is 1. The predicted molar refractivity (Wildman–Crippen MR) is 139 cm³/mol. The Balaban J connectivity index is 1.58. The van der Waals surface area contributed by atoms with Crippen molar-refractivity contribution in [2.24, 2.45) is 17.8 Å². The lowest BCUT2D eigenvalue weighted by Crippen LogP contribution is -2.60. The van der Waals surface area contributed by atoms with Gasteiger partial charge in [0.2, 0.25) is 11.8 Å². The Morgan fingerprint density at radius 3 is 2.44 bits per heavy atom. The number of anilines is 1. The molecule has 6 rings (SSSR count). The van der Waals surface area contributed by atoms with E-state index in [1.54, 1.807) is 24.3 Å². The van der Waals surface area contributed by atoms with Crippen LogP contribution in [0.1, 0.15) is 24.3 Å². The van der Waals surface area contributed by atoms with Crippen molar-refractivity contribution >= 4 is 52.5 Å². The third-order valence-electron chi connectivity index (χ3n) is 8.32. The number of aliphatic hydroxyl groups is 1. The van der Waals surface area contributed by atoms with E-state index < -0.39 is 62.9 Å². The average molecular weight is 573 g/mol. The molecule has 39 heavy (non-hydrogen) atoms. The second kappa shape index (κ2) is 9.15. The lowest BCUT2D eigenvalue weighted by atomic mass is 9.56. The van der Waals surface area contributed by atoms with Gasteiger partial charge >= 0.3 is 0 Å². The fourth-order valence-corrected chi connectivity index (χ4v) is 7.59. The van der Waals surface area contributed by atoms with Crippen LogP contribution in [0.4, 0.5) is 10.1 Å². The number of carbonyl (C=O) groups excluding carboxylic acids is 4. The molecule has 0 bridgehead atoms. The summed E-state index contributed by atoms with van der Waals surface area (Å²) in [4.78, 5) is 50.6. The smallest absolute Gasteiger partial charge is 0.258 e. The Morgan fingerprint density at radius 1 is 1.00 bits per heavy atom. The van der Waals surface area contributed by atoms with E-state index in [-0.39, 0.29) is 31.7 Å². The molecule has 8 nitrogen and oxygen atoms in total. The third kappa shape index (κ3) is 3.53. The van der Waals surface area contributed by atoms with E-state index in [0.717, 1.165) is 17.0 Å². The van der Waals surface area contributed by atoms with Crippen molar-refractivity contribution < 1.29 is 33.4 Å². The first kappa shape index (κ1) is 26.0. The highest BCUT2D eigenvalue weighted by Crippen LogP contribution is 2.66. The van der Waals surface area contributed by atoms with Crippen LogP contribution in [-0.4, -0.2) is 51.7 Å². The molecule has 2 aromatic carbocycles. The normalized spacial score (nSPS) is 33.3. The first-order valence-corrected chi connectivity index (χ1v) is 13.3. The average Bonchev–Trinajstić information content (AvgIpc) is 3.29. The number of para-hydroxylation sites is 1. The number of hydrogen-bond donors (Lipinski definition) is 2. The van der Waals surface area contributed by atoms with E-state index in [1.807, 2.05) is 6.08 Å². The van der Waals surface area contributed by atoms with Crippen LogP contribution in [0, 0.1) is 23.6 Å². The zero-order chi connectivity index (χ0) is 27.7. The Hall–Kier alpha value is -3.27. The molecule has 202 valence electrons. The quantitative estimate of drug-likeness (QED) is 0.323. The minimum Gasteiger partial charge on any atom is -0.491 e. The molecule has 0 aromatic heterocycles. The van der Waals surface area contributed by atoms with Gasteiger partial charge in [0.25, 0.3) is 11.8 Å². The van der Waals surface area contributed by atoms with Crippen molar-refractivity contribution in [2.45, 2.75) is 28.5 Å². The first-order valence-electron chi connectivity index (χ1n) is 12.5. The van der Waals surface area contributed by atoms with Crippen LogP contribution in [0.5, 0.6) is 5.75 Å². The Kier molecular flexibility index (Phi) is 6.09. The van der Waals surface area contributed by atoms with Gasteiger partial charge in [-0.15, -0.1) is 23.2 Å². The van der Waals surface area contributed by atoms with Crippen molar-refractivity contribution in [3.05, 3.63) is 71.6 Å². The van der Waals surface area contributed by atoms with Crippen molar-refractivity contribution in [3.8, 4) is 5.75 Å². The Morgan fingerprint density at radius 2 is 1.72 bits per heavy atom. The molecule has 2 heterocycles. The highest BCUT2D eigenvalue weighted by Gasteiger charge is 2.76. The van der Waals surface area contributed by atoms with E-state index in [0.29, 0.717) is 16.9 Å². The number of hydrogen-bond acceptors (Lipinski definition) is 6. The molecular formula is C28H23Cl2FN2O6. The fraction of sp³-hybridized carbons (Fsp3) is 0.357. The van der Waals surface area contributed by atoms with Gasteiger partial charge in [-0.3, -0.25) is 24.5 Å². The van der Waals surface area contributed by atoms with Gasteiger partial charge in [0.1, 0.15) is 18.2 Å². The number of nitrogens with zero attached hydrogens (tertiary/aromatic N) is 1. The topological polar surface area (TPSA) is 113 Å². The maximum absolute atomic E-state index is 14.2. The van der Waals surface area contributed by atoms with Gasteiger partial charge in [0.05, 0.1) is 24.1 Å². The number of aliphatic hydroxyl groups excluding tert-OH is 1. The lowest BCUT2D eigenvalue weighted by Gasteiger charge is -2.50. The summed E-state index contributed by atoms with van der Waals surface area (Å²) in [5.41, 5.74) is 1.18. The maximum Gasteiger partial charge on any atom is 0.258 e. The van der Waals surface area contributed by atoms with E-state index in [9.17, 15) is 28.7 Å². The zero-order valence-corrected chi connectivity index (χ0v) is 21.9. The molecule has 3 fully saturated rings. The molecule has 0 spiro atoms. The summed E-state index contributed by atoms with van der Waals surface area (Å²) in [5.74, 6) is -5.75. The van der Waals surface area contributed by atoms with Crippen LogP contribution in [-0.2, 0) is 19.2 Å². The van der Waals surface area contributed by atoms with Gasteiger partial charge in [0, 0.05) is 11.5 Å². The predicted octanol–water partition coefficient (Wildman–Crippen LogP) is 3.05. The molecular weight excluding hydrogens is 550 g/mol. The molecule has 0 radical (unpaired) electrons. The number of fused-ring (bicyclic) bond motifs is 4. The summed E-state index contributed by atoms with van der Waals surface area (Å²) in [5, 5.41) is 11.8. The van der Waals surface area contributed by atoms with Crippen molar-refractivity contribution in [2.75, 3.05) is 18.1 Å². The summed E-state index contributed by atoms with van der Waals surface area (Å²) in [6.07, 6.45) is 1.90. The minimum absolute atomic E-state index is 0.0380. The molecule has 2 saturated heterocycles. The number of rotatable bonds is 5. The number of ether oxygens (including phenoxy) is 1. The largest absolute Gasteiger partial charge is 0.491 e. The molecule has 11 heteroatoms. The monoisotopic (exact) mass is 572 g/mol. The van der Waals surface area contributed by atoms with E-state index in [4.69, 9.17) is 27.9 Å². The van der Waals surface area contributed by atoms with Crippen LogP contribution >= 0.6 is 23.2 Å². The van der Waals surface area contributed by atoms with Gasteiger partial charge in [-0.25, -0.2) is 9.29 Å². The van der Waals surface area contributed by atoms with Crippen LogP contribution in [0.25, 0.3) is 0 Å². The summed E-state index contributed by atoms with van der Waals surface area (Å²) in [6.45, 7) is -0.304. The molecule has 6 atom stereocenters. The molecule has 6 unspecified atom stereocenters. The summed E-state index contributed by atoms with van der Waals surface area (Å²) in [7, 11) is 0. The van der Waals surface area contributed by atoms with E-state index >= 15 is 0 Å². The number of benzene rings is 2. The SMILES string of the molecule is O=C1NC(=O)C2C1CC=C1C2CC2(Cl)C(=O)N(c3ccc(F)cc3)C(=O)C2(Cl)C1c1ccccc1OCCO. The second-order valence-electron chi connectivity index (χ2n) is 10.2. The number of amides is 4. The second-order valence-corrected chi connectivity index (χ2v) is 11.5. The van der Waals surface area contributed by atoms with Gasteiger partial charge < -0.3 is 9.84 Å². The molecule has 4 amide bonds. The highest BCUT2D eigenvalue weighted by atomic mass is 35.5. The van der Waals surface area contributed by atoms with Crippen LogP contribution in [0.3, 0.4) is 0 Å². The first-order chi connectivity index (χ1) is 18.6. The summed E-state index contributed by atoms with van der Waals surface area (Å²) in [6, 6.07) is 11.6. The molecule has 2 aromatic rings. The van der Waals surface area contributed by atoms with Crippen molar-refractivity contribution in [1.82, 2.24) is 5.32 Å². The van der Waals surface area contributed by atoms with Gasteiger partial charge in [-0.2, -0.15) is 0 Å². The maximum atomic E-state index is 14.2. The Labute approximate surface area is 232 Å². The van der Waals surface area contributed by atoms with Crippen LogP contribution in [0.15, 0.2) is 60.2 Å². The molecule has 2 aliphatic carbocycles. The molecule has 1 saturated carbocycles. The molecule has 2 N–H and O–H groups in total. The van der Waals surface area contributed by atoms with Crippen molar-refractivity contribution in [1.29, 1.82) is 0 Å². The number of allylic oxidation sites excluding steroid dienone is 2. The van der Waals surface area contributed by atoms with E-state index in [1.165, 1.54) is 12.1 Å². The number of alkyl halides is 2. The number of halogens is 3. The summed E-state index contributed by atoms with van der Waals surface area (Å²) < 4.78 is 19.5. The van der Waals surface area contributed by atoms with Gasteiger partial charge in [-0.05, 0) is 49.1 Å². The fourth-order valence-electron chi connectivity index (χ4n) is 6.66. The number of imide groups is 2. The van der Waals surface area contributed by atoms with Gasteiger partial charge in [-0.1, -0.05) is 29.8 Å². The molecule has 2 aliphatic heterocycles. The highest BCUT2D eigenvalue weighted by molar-refractivity contribution is 6.58. The zero-order valence-electron chi connectivity index (χ0n) is 20.4. The number of carbonyl (C=O) groups is 4. The minimum atomic E-state index is -2.05. The van der Waals surface area contributed by atoms with Gasteiger partial charge in [0.15, 0.2) is 9.75 Å². The lowest BCUT2D eigenvalue weighted by molar-refractivity contribution is -0.127. The van der Waals surface area contributed by atoms with Crippen LogP contribution in [0.2, 0.25) is 0 Å². The van der Waals surface area contributed by atoms with Crippen LogP contribution < -0.4 is 15.0 Å². The molecule has 4 aliphatic rings. The Bertz CT molecular complexity index is 1450. The standard InChI is InChI=1S/C28H23Cl2FN2O6/c29-27-13-19-16(9-10-18-21(19)24(36)32-23(18)35)22(17-3-1-2-4-20(17)39-12-11-34)28(27,30)26(38)33(25(27)37)15-7-5-14(31)6-8-15/h1-9,18-19,21-22,34H,10-13H2,(H,32,35,36). The van der Waals surface area contributed by atoms with E-state index in [2.05, 4.69) is 5.32 Å². The third-order valence-corrected chi connectivity index (χ3v) is 9.73. The summed E-state index contributed by atoms with van der Waals surface area (Å²) >= 11 is 14.5. The van der Waals surface area contributed by atoms with Crippen molar-refractivity contribution in [3.63, 3.8) is 0 Å².